The standard InChI is InChI=1S/C20H26N2O2/c1-13(2)24-20(23)18-15-6-4-5-7-17(15)21(3)19(18)16-12-22-10-8-14(16)9-11-22/h4-7,13-14,16H,8-12H2,1-3H3. The van der Waals surface area contributed by atoms with Gasteiger partial charge in [0.1, 0.15) is 0 Å². The maximum absolute atomic E-state index is 12.9. The van der Waals surface area contributed by atoms with Crippen molar-refractivity contribution in [1.82, 2.24) is 9.47 Å². The van der Waals surface area contributed by atoms with Crippen molar-refractivity contribution in [2.24, 2.45) is 13.0 Å². The Morgan fingerprint density at radius 2 is 1.92 bits per heavy atom. The van der Waals surface area contributed by atoms with Gasteiger partial charge in [-0.2, -0.15) is 0 Å². The molecule has 0 saturated carbocycles. The second-order valence-corrected chi connectivity index (χ2v) is 7.54. The molecule has 1 unspecified atom stereocenters. The number of aryl methyl sites for hydroxylation is 1. The number of para-hydroxylation sites is 1. The van der Waals surface area contributed by atoms with Crippen molar-refractivity contribution in [2.45, 2.75) is 38.7 Å². The molecule has 1 aromatic carbocycles. The number of carbonyl (C=O) groups is 1. The van der Waals surface area contributed by atoms with Crippen LogP contribution in [0.2, 0.25) is 0 Å². The number of benzene rings is 1. The van der Waals surface area contributed by atoms with Crippen LogP contribution in [0, 0.1) is 5.92 Å². The van der Waals surface area contributed by atoms with Crippen LogP contribution in [0.1, 0.15) is 48.7 Å². The van der Waals surface area contributed by atoms with Crippen LogP contribution in [0.5, 0.6) is 0 Å². The van der Waals surface area contributed by atoms with Crippen LogP contribution in [0.25, 0.3) is 10.9 Å². The first-order valence-corrected chi connectivity index (χ1v) is 9.07. The van der Waals surface area contributed by atoms with E-state index in [-0.39, 0.29) is 12.1 Å². The molecule has 4 heterocycles. The summed E-state index contributed by atoms with van der Waals surface area (Å²) in [5.74, 6) is 0.941. The molecule has 1 aromatic heterocycles. The lowest BCUT2D eigenvalue weighted by Gasteiger charge is -2.45. The van der Waals surface area contributed by atoms with Crippen molar-refractivity contribution >= 4 is 16.9 Å². The van der Waals surface area contributed by atoms with E-state index in [9.17, 15) is 4.79 Å². The van der Waals surface area contributed by atoms with Crippen LogP contribution in [0.15, 0.2) is 24.3 Å². The lowest BCUT2D eigenvalue weighted by Crippen LogP contribution is -2.47. The third-order valence-electron chi connectivity index (χ3n) is 5.71. The van der Waals surface area contributed by atoms with E-state index in [0.717, 1.165) is 23.0 Å². The van der Waals surface area contributed by atoms with Crippen molar-refractivity contribution in [2.75, 3.05) is 19.6 Å². The molecule has 0 aliphatic carbocycles. The average Bonchev–Trinajstić information content (AvgIpc) is 2.88. The summed E-state index contributed by atoms with van der Waals surface area (Å²) in [5.41, 5.74) is 3.09. The van der Waals surface area contributed by atoms with Crippen molar-refractivity contribution in [1.29, 1.82) is 0 Å². The van der Waals surface area contributed by atoms with Gasteiger partial charge in [-0.3, -0.25) is 0 Å². The predicted molar refractivity (Wildman–Crippen MR) is 95.4 cm³/mol. The highest BCUT2D eigenvalue weighted by Crippen LogP contribution is 2.42. The van der Waals surface area contributed by atoms with Crippen LogP contribution in [0.3, 0.4) is 0 Å². The maximum atomic E-state index is 12.9. The first-order chi connectivity index (χ1) is 11.6. The van der Waals surface area contributed by atoms with Gasteiger partial charge in [0, 0.05) is 36.1 Å². The molecule has 0 amide bonds. The first kappa shape index (κ1) is 15.7. The second-order valence-electron chi connectivity index (χ2n) is 7.54. The Kier molecular flexibility index (Phi) is 3.87. The minimum Gasteiger partial charge on any atom is -0.459 e. The topological polar surface area (TPSA) is 34.5 Å². The molecule has 0 radical (unpaired) electrons. The largest absolute Gasteiger partial charge is 0.459 e. The summed E-state index contributed by atoms with van der Waals surface area (Å²) in [6.07, 6.45) is 2.38. The Balaban J connectivity index is 1.87. The van der Waals surface area contributed by atoms with E-state index in [4.69, 9.17) is 4.74 Å². The van der Waals surface area contributed by atoms with Gasteiger partial charge < -0.3 is 14.2 Å². The van der Waals surface area contributed by atoms with E-state index in [1.165, 1.54) is 31.6 Å². The molecule has 2 bridgehead atoms. The van der Waals surface area contributed by atoms with Gasteiger partial charge in [-0.25, -0.2) is 4.79 Å². The molecule has 3 aliphatic heterocycles. The Bertz CT molecular complexity index is 769. The van der Waals surface area contributed by atoms with Crippen LogP contribution in [0.4, 0.5) is 0 Å². The van der Waals surface area contributed by atoms with Crippen LogP contribution in [-0.2, 0) is 11.8 Å². The Labute approximate surface area is 143 Å². The molecular weight excluding hydrogens is 300 g/mol. The van der Waals surface area contributed by atoms with Crippen LogP contribution < -0.4 is 0 Å². The van der Waals surface area contributed by atoms with E-state index in [1.54, 1.807) is 0 Å². The monoisotopic (exact) mass is 326 g/mol. The summed E-state index contributed by atoms with van der Waals surface area (Å²) in [7, 11) is 2.10. The second kappa shape index (κ2) is 5.92. The maximum Gasteiger partial charge on any atom is 0.340 e. The van der Waals surface area contributed by atoms with Gasteiger partial charge >= 0.3 is 5.97 Å². The Hall–Kier alpha value is -1.81. The number of hydrogen-bond donors (Lipinski definition) is 0. The van der Waals surface area contributed by atoms with Gasteiger partial charge in [0.05, 0.1) is 11.7 Å². The van der Waals surface area contributed by atoms with Crippen molar-refractivity contribution in [3.63, 3.8) is 0 Å². The fraction of sp³-hybridized carbons (Fsp3) is 0.550. The fourth-order valence-corrected chi connectivity index (χ4v) is 4.61. The van der Waals surface area contributed by atoms with E-state index < -0.39 is 0 Å². The normalized spacial score (nSPS) is 26.2. The van der Waals surface area contributed by atoms with Crippen molar-refractivity contribution < 1.29 is 9.53 Å². The number of aromatic nitrogens is 1. The molecule has 0 spiro atoms. The molecule has 3 fully saturated rings. The van der Waals surface area contributed by atoms with E-state index >= 15 is 0 Å². The third kappa shape index (κ3) is 2.44. The number of fused-ring (bicyclic) bond motifs is 4. The van der Waals surface area contributed by atoms with E-state index in [0.29, 0.717) is 11.8 Å². The van der Waals surface area contributed by atoms with Gasteiger partial charge in [0.2, 0.25) is 0 Å². The van der Waals surface area contributed by atoms with Gasteiger partial charge in [-0.05, 0) is 51.8 Å². The number of esters is 1. The summed E-state index contributed by atoms with van der Waals surface area (Å²) in [4.78, 5) is 15.4. The average molecular weight is 326 g/mol. The lowest BCUT2D eigenvalue weighted by atomic mass is 9.76. The predicted octanol–water partition coefficient (Wildman–Crippen LogP) is 3.55. The zero-order valence-corrected chi connectivity index (χ0v) is 14.8. The molecule has 4 heteroatoms. The quantitative estimate of drug-likeness (QED) is 0.809. The van der Waals surface area contributed by atoms with E-state index in [2.05, 4.69) is 28.6 Å². The molecule has 0 N–H and O–H groups in total. The van der Waals surface area contributed by atoms with Gasteiger partial charge in [-0.15, -0.1) is 0 Å². The number of rotatable bonds is 3. The molecule has 24 heavy (non-hydrogen) atoms. The van der Waals surface area contributed by atoms with Crippen molar-refractivity contribution in [3.8, 4) is 0 Å². The summed E-state index contributed by atoms with van der Waals surface area (Å²) in [6.45, 7) is 7.30. The third-order valence-corrected chi connectivity index (χ3v) is 5.71. The lowest BCUT2D eigenvalue weighted by molar-refractivity contribution is 0.0371. The molecular formula is C20H26N2O2. The molecule has 128 valence electrons. The summed E-state index contributed by atoms with van der Waals surface area (Å²) < 4.78 is 7.84. The minimum absolute atomic E-state index is 0.101. The zero-order valence-electron chi connectivity index (χ0n) is 14.8. The van der Waals surface area contributed by atoms with Crippen LogP contribution in [-0.4, -0.2) is 41.2 Å². The molecule has 1 atom stereocenters. The first-order valence-electron chi connectivity index (χ1n) is 9.07. The molecule has 4 nitrogen and oxygen atoms in total. The summed E-state index contributed by atoms with van der Waals surface area (Å²) in [6, 6.07) is 8.21. The minimum atomic E-state index is -0.173. The highest BCUT2D eigenvalue weighted by Gasteiger charge is 2.39. The number of hydrogen-bond acceptors (Lipinski definition) is 3. The molecule has 5 rings (SSSR count). The molecule has 3 saturated heterocycles. The van der Waals surface area contributed by atoms with E-state index in [1.807, 2.05) is 26.0 Å². The highest BCUT2D eigenvalue weighted by molar-refractivity contribution is 6.06. The highest BCUT2D eigenvalue weighted by atomic mass is 16.5. The smallest absolute Gasteiger partial charge is 0.340 e. The Morgan fingerprint density at radius 1 is 1.21 bits per heavy atom. The van der Waals surface area contributed by atoms with Gasteiger partial charge in [0.15, 0.2) is 0 Å². The van der Waals surface area contributed by atoms with Gasteiger partial charge in [-0.1, -0.05) is 18.2 Å². The number of piperidine rings is 3. The zero-order chi connectivity index (χ0) is 16.8. The summed E-state index contributed by atoms with van der Waals surface area (Å²) in [5, 5.41) is 1.03. The fourth-order valence-electron chi connectivity index (χ4n) is 4.61. The number of carbonyl (C=O) groups excluding carboxylic acids is 1. The summed E-state index contributed by atoms with van der Waals surface area (Å²) >= 11 is 0. The molecule has 3 aliphatic rings. The number of nitrogens with zero attached hydrogens (tertiary/aromatic N) is 2. The van der Waals surface area contributed by atoms with Crippen molar-refractivity contribution in [3.05, 3.63) is 35.5 Å². The Morgan fingerprint density at radius 3 is 2.54 bits per heavy atom. The van der Waals surface area contributed by atoms with Crippen LogP contribution >= 0.6 is 0 Å². The molecule has 2 aromatic rings. The SMILES string of the molecule is CC(C)OC(=O)c1c(C2CN3CCC2CC3)n(C)c2ccccc12. The number of ether oxygens (including phenoxy) is 1. The van der Waals surface area contributed by atoms with Gasteiger partial charge in [0.25, 0.3) is 0 Å².